The van der Waals surface area contributed by atoms with Crippen molar-refractivity contribution in [2.75, 3.05) is 0 Å². The minimum atomic E-state index is -1.38. The van der Waals surface area contributed by atoms with Crippen molar-refractivity contribution < 1.29 is 97.6 Å². The molecule has 12 aromatic carbocycles. The number of benzene rings is 12. The van der Waals surface area contributed by atoms with Crippen molar-refractivity contribution in [3.8, 4) is 23.0 Å². The van der Waals surface area contributed by atoms with Crippen molar-refractivity contribution in [3.63, 3.8) is 0 Å². The molecule has 0 fully saturated rings. The minimum absolute atomic E-state index is 0. The van der Waals surface area contributed by atoms with Crippen LogP contribution in [0.2, 0.25) is 78.6 Å². The SMILES string of the molecule is C[Si](C)(C)Sc1cccc(P(c2ccccc2)c2ccccc2)c1O.C[Si](C)(C)Sc1cccc(P(c2ccccc2)c2ccccc2)c1O.C[Si](C)(C)Sc1cccc(P(c2ccccc2)c2ccccc2)c1O.C[Si](C)(C)Sc1cccc(P(c2ccccc2)c2ccccc2)c1O.[Cl-].[Cl-].[Zr].[Zr]. The van der Waals surface area contributed by atoms with Crippen LogP contribution in [-0.2, 0) is 52.4 Å². The van der Waals surface area contributed by atoms with Gasteiger partial charge in [-0.2, -0.15) is 0 Å². The summed E-state index contributed by atoms with van der Waals surface area (Å²) in [5.74, 6) is 1.81. The number of para-hydroxylation sites is 4. The van der Waals surface area contributed by atoms with Gasteiger partial charge in [0.15, 0.2) is 0 Å². The quantitative estimate of drug-likeness (QED) is 0.0444. The average molecular weight is 1780 g/mol. The van der Waals surface area contributed by atoms with Gasteiger partial charge in [0, 0.05) is 93.2 Å². The first kappa shape index (κ1) is 90.8. The molecule has 0 aliphatic carbocycles. The molecule has 20 heteroatoms. The predicted octanol–water partition coefficient (Wildman–Crippen LogP) is 14.3. The van der Waals surface area contributed by atoms with Crippen LogP contribution in [0.25, 0.3) is 0 Å². The van der Waals surface area contributed by atoms with Gasteiger partial charge < -0.3 is 45.2 Å². The Morgan fingerprint density at radius 3 is 0.433 bits per heavy atom. The first-order chi connectivity index (χ1) is 47.8. The molecule has 0 saturated heterocycles. The van der Waals surface area contributed by atoms with E-state index >= 15 is 0 Å². The molecule has 0 aromatic heterocycles. The van der Waals surface area contributed by atoms with Gasteiger partial charge >= 0.3 is 0 Å². The van der Waals surface area contributed by atoms with Crippen molar-refractivity contribution in [1.29, 1.82) is 0 Å². The molecule has 0 heterocycles. The third-order valence-corrected chi connectivity index (χ3v) is 39.2. The number of hydrogen-bond acceptors (Lipinski definition) is 8. The summed E-state index contributed by atoms with van der Waals surface area (Å²) in [5, 5.41) is 58.5. The Bertz CT molecular complexity index is 3770. The molecule has 0 atom stereocenters. The van der Waals surface area contributed by atoms with E-state index < -0.39 is 60.6 Å². The van der Waals surface area contributed by atoms with Crippen molar-refractivity contribution in [2.45, 2.75) is 98.1 Å². The summed E-state index contributed by atoms with van der Waals surface area (Å²) >= 11 is 7.39. The average Bonchev–Trinajstić information content (AvgIpc) is 0.812. The van der Waals surface area contributed by atoms with Gasteiger partial charge in [0.25, 0.3) is 0 Å². The molecule has 0 saturated carbocycles. The van der Waals surface area contributed by atoms with Gasteiger partial charge in [0.05, 0.1) is 0 Å². The van der Waals surface area contributed by atoms with Crippen LogP contribution in [0.4, 0.5) is 0 Å². The summed E-state index contributed by atoms with van der Waals surface area (Å²) in [6.07, 6.45) is 0. The summed E-state index contributed by atoms with van der Waals surface area (Å²) in [7, 11) is -8.62. The molecule has 12 rings (SSSR count). The van der Waals surface area contributed by atoms with E-state index in [0.29, 0.717) is 23.0 Å². The maximum atomic E-state index is 11.1. The Hall–Kier alpha value is -3.83. The third kappa shape index (κ3) is 27.3. The summed E-state index contributed by atoms with van der Waals surface area (Å²) in [4.78, 5) is 4.04. The molecule has 0 aliphatic heterocycles. The second-order valence-electron chi connectivity index (χ2n) is 27.4. The van der Waals surface area contributed by atoms with E-state index in [2.05, 4.69) is 321 Å². The van der Waals surface area contributed by atoms with E-state index in [0.717, 1.165) is 40.8 Å². The van der Waals surface area contributed by atoms with Crippen LogP contribution in [0.5, 0.6) is 23.0 Å². The molecule has 0 bridgehead atoms. The van der Waals surface area contributed by atoms with E-state index in [1.54, 1.807) is 0 Å². The Morgan fingerprint density at radius 1 is 0.192 bits per heavy atom. The summed E-state index contributed by atoms with van der Waals surface area (Å²) in [5.41, 5.74) is 0. The maximum Gasteiger partial charge on any atom is 0.136 e. The van der Waals surface area contributed by atoms with Gasteiger partial charge in [0.2, 0.25) is 0 Å². The molecule has 0 amide bonds. The topological polar surface area (TPSA) is 80.9 Å². The fourth-order valence-electron chi connectivity index (χ4n) is 10.7. The fraction of sp³-hybridized carbons (Fsp3) is 0.143. The van der Waals surface area contributed by atoms with Crippen LogP contribution in [-0.4, -0.2) is 49.3 Å². The van der Waals surface area contributed by atoms with Crippen LogP contribution in [0.3, 0.4) is 0 Å². The fourth-order valence-corrected chi connectivity index (χ4v) is 34.4. The van der Waals surface area contributed by atoms with Gasteiger partial charge in [-0.05, 0) is 98.4 Å². The molecule has 12 aromatic rings. The molecule has 536 valence electrons. The summed E-state index contributed by atoms with van der Waals surface area (Å²) in [6, 6.07) is 109. The number of hydrogen-bond donors (Lipinski definition) is 4. The van der Waals surface area contributed by atoms with Crippen LogP contribution in [0, 0.1) is 0 Å². The summed E-state index contributed by atoms with van der Waals surface area (Å²) in [6.45, 7) is 27.7. The number of halogens is 2. The molecule has 4 N–H and O–H groups in total. The third-order valence-electron chi connectivity index (χ3n) is 14.7. The monoisotopic (exact) mass is 1780 g/mol. The predicted molar refractivity (Wildman–Crippen MR) is 464 cm³/mol. The van der Waals surface area contributed by atoms with Gasteiger partial charge in [-0.25, -0.2) is 0 Å². The Morgan fingerprint density at radius 2 is 0.317 bits per heavy atom. The number of aromatic hydroxyl groups is 4. The Labute approximate surface area is 695 Å². The van der Waals surface area contributed by atoms with E-state index in [9.17, 15) is 20.4 Å². The first-order valence-corrected chi connectivity index (χ1v) is 59.0. The molecular weight excluding hydrogens is 1690 g/mol. The largest absolute Gasteiger partial charge is 1.00 e. The van der Waals surface area contributed by atoms with E-state index in [-0.39, 0.29) is 77.2 Å². The number of phenolic OH excluding ortho intramolecular Hbond substituents is 4. The zero-order valence-corrected chi connectivity index (χ0v) is 78.3. The molecular formula is C84H92Cl2O4P4S4Si4Zr2-2. The van der Waals surface area contributed by atoms with Crippen molar-refractivity contribution in [2.24, 2.45) is 0 Å². The standard InChI is InChI=1S/4C21H23OPSSi.2ClH.2Zr/c4*1-25(2,3)24-20-16-10-15-19(21(20)22)23(17-11-6-4-7-12-17)18-13-8-5-9-14-18;;;;/h4*4-16,22H,1-3H3;2*1H;;/p-2. The van der Waals surface area contributed by atoms with Gasteiger partial charge in [-0.15, -0.1) is 44.8 Å². The van der Waals surface area contributed by atoms with E-state index in [1.165, 1.54) is 42.4 Å². The smallest absolute Gasteiger partial charge is 0.136 e. The van der Waals surface area contributed by atoms with Gasteiger partial charge in [-0.1, -0.05) is 370 Å². The Kier molecular flexibility index (Phi) is 38.0. The minimum Gasteiger partial charge on any atom is -1.00 e. The van der Waals surface area contributed by atoms with Crippen LogP contribution in [0.1, 0.15) is 0 Å². The first-order valence-electron chi connectivity index (χ1n) is 33.5. The van der Waals surface area contributed by atoms with Crippen LogP contribution < -0.4 is 88.5 Å². The molecule has 0 aliphatic rings. The van der Waals surface area contributed by atoms with Crippen molar-refractivity contribution in [1.82, 2.24) is 0 Å². The zero-order chi connectivity index (χ0) is 71.5. The second-order valence-corrected chi connectivity index (χ2v) is 72.7. The molecule has 0 spiro atoms. The van der Waals surface area contributed by atoms with Crippen molar-refractivity contribution >= 4 is 169 Å². The molecule has 0 unspecified atom stereocenters. The van der Waals surface area contributed by atoms with Gasteiger partial charge in [0.1, 0.15) is 51.9 Å². The number of rotatable bonds is 20. The van der Waals surface area contributed by atoms with Crippen molar-refractivity contribution in [3.05, 3.63) is 315 Å². The van der Waals surface area contributed by atoms with Crippen LogP contribution in [0.15, 0.2) is 335 Å². The summed E-state index contributed by atoms with van der Waals surface area (Å²) < 4.78 is 0. The van der Waals surface area contributed by atoms with E-state index in [4.69, 9.17) is 0 Å². The molecule has 4 nitrogen and oxygen atoms in total. The maximum absolute atomic E-state index is 11.1. The molecule has 0 radical (unpaired) electrons. The van der Waals surface area contributed by atoms with E-state index in [1.807, 2.05) is 118 Å². The second kappa shape index (κ2) is 43.5. The Balaban J connectivity index is 0.000000246. The van der Waals surface area contributed by atoms with Crippen LogP contribution >= 0.6 is 76.5 Å². The zero-order valence-electron chi connectivity index (χ0n) is 61.0. The van der Waals surface area contributed by atoms with Gasteiger partial charge in [-0.3, -0.25) is 0 Å². The normalized spacial score (nSPS) is 11.2. The number of phenols is 4. The molecule has 104 heavy (non-hydrogen) atoms.